The predicted molar refractivity (Wildman–Crippen MR) is 121 cm³/mol. The molecule has 30 heavy (non-hydrogen) atoms. The van der Waals surface area contributed by atoms with Crippen molar-refractivity contribution >= 4 is 6.09 Å². The fourth-order valence-corrected chi connectivity index (χ4v) is 4.01. The Labute approximate surface area is 180 Å². The molecule has 160 valence electrons. The number of ether oxygens (including phenoxy) is 2. The summed E-state index contributed by atoms with van der Waals surface area (Å²) in [7, 11) is 1.69. The van der Waals surface area contributed by atoms with E-state index in [1.165, 1.54) is 11.1 Å². The van der Waals surface area contributed by atoms with Gasteiger partial charge in [0.1, 0.15) is 11.9 Å². The molecule has 0 N–H and O–H groups in total. The number of methoxy groups -OCH3 is 1. The van der Waals surface area contributed by atoms with Crippen LogP contribution in [0.15, 0.2) is 55.1 Å². The summed E-state index contributed by atoms with van der Waals surface area (Å²) in [6, 6.07) is 14.7. The van der Waals surface area contributed by atoms with E-state index in [9.17, 15) is 4.79 Å². The molecule has 4 nitrogen and oxygen atoms in total. The molecule has 0 radical (unpaired) electrons. The minimum atomic E-state index is -0.219. The molecule has 4 heteroatoms. The first-order valence-electron chi connectivity index (χ1n) is 10.7. The Morgan fingerprint density at radius 2 is 2.00 bits per heavy atom. The smallest absolute Gasteiger partial charge is 0.410 e. The molecule has 1 fully saturated rings. The summed E-state index contributed by atoms with van der Waals surface area (Å²) < 4.78 is 11.2. The van der Waals surface area contributed by atoms with E-state index in [4.69, 9.17) is 9.47 Å². The molecule has 3 rings (SSSR count). The van der Waals surface area contributed by atoms with Crippen LogP contribution in [0.1, 0.15) is 48.9 Å². The number of nitrogens with zero attached hydrogens (tertiary/aromatic N) is 1. The van der Waals surface area contributed by atoms with Gasteiger partial charge in [-0.05, 0) is 53.0 Å². The monoisotopic (exact) mass is 407 g/mol. The second kappa shape index (κ2) is 9.84. The van der Waals surface area contributed by atoms with Crippen molar-refractivity contribution in [3.63, 3.8) is 0 Å². The van der Waals surface area contributed by atoms with Gasteiger partial charge in [-0.15, -0.1) is 6.58 Å². The van der Waals surface area contributed by atoms with E-state index < -0.39 is 0 Å². The first kappa shape index (κ1) is 21.9. The third-order valence-corrected chi connectivity index (χ3v) is 5.80. The molecule has 2 atom stereocenters. The van der Waals surface area contributed by atoms with Crippen LogP contribution in [0.5, 0.6) is 5.75 Å². The zero-order valence-electron chi connectivity index (χ0n) is 18.6. The van der Waals surface area contributed by atoms with Crippen molar-refractivity contribution in [2.75, 3.05) is 13.7 Å². The molecule has 1 heterocycles. The minimum absolute atomic E-state index is 0.101. The van der Waals surface area contributed by atoms with Crippen LogP contribution in [-0.4, -0.2) is 30.8 Å². The van der Waals surface area contributed by atoms with Gasteiger partial charge in [-0.3, -0.25) is 0 Å². The minimum Gasteiger partial charge on any atom is -0.496 e. The van der Waals surface area contributed by atoms with Crippen LogP contribution < -0.4 is 4.74 Å². The largest absolute Gasteiger partial charge is 0.496 e. The molecular weight excluding hydrogens is 374 g/mol. The van der Waals surface area contributed by atoms with Gasteiger partial charge >= 0.3 is 6.09 Å². The van der Waals surface area contributed by atoms with E-state index in [0.717, 1.165) is 29.7 Å². The van der Waals surface area contributed by atoms with E-state index in [1.54, 1.807) is 7.11 Å². The normalized spacial score (nSPS) is 17.2. The lowest BCUT2D eigenvalue weighted by molar-refractivity contribution is 0.107. The number of cyclic esters (lactones) is 1. The summed E-state index contributed by atoms with van der Waals surface area (Å²) in [5.74, 6) is 1.58. The molecule has 0 aromatic heterocycles. The summed E-state index contributed by atoms with van der Waals surface area (Å²) in [6.07, 6.45) is 3.19. The molecule has 1 amide bonds. The van der Waals surface area contributed by atoms with Crippen LogP contribution in [-0.2, 0) is 24.1 Å². The summed E-state index contributed by atoms with van der Waals surface area (Å²) in [5, 5.41) is 0. The highest BCUT2D eigenvalue weighted by molar-refractivity contribution is 5.70. The second-order valence-electron chi connectivity index (χ2n) is 8.52. The molecule has 1 saturated heterocycles. The molecule has 0 spiro atoms. The van der Waals surface area contributed by atoms with E-state index in [0.29, 0.717) is 19.0 Å². The summed E-state index contributed by atoms with van der Waals surface area (Å²) in [6.45, 7) is 11.6. The lowest BCUT2D eigenvalue weighted by atomic mass is 9.94. The van der Waals surface area contributed by atoms with Gasteiger partial charge in [-0.1, -0.05) is 63.2 Å². The van der Waals surface area contributed by atoms with E-state index in [1.807, 2.05) is 17.0 Å². The van der Waals surface area contributed by atoms with E-state index in [-0.39, 0.29) is 18.1 Å². The highest BCUT2D eigenvalue weighted by atomic mass is 16.6. The summed E-state index contributed by atoms with van der Waals surface area (Å²) >= 11 is 0. The average Bonchev–Trinajstić information content (AvgIpc) is 3.09. The maximum Gasteiger partial charge on any atom is 0.410 e. The lowest BCUT2D eigenvalue weighted by Gasteiger charge is -2.19. The lowest BCUT2D eigenvalue weighted by Crippen LogP contribution is -2.27. The van der Waals surface area contributed by atoms with Crippen molar-refractivity contribution in [1.29, 1.82) is 0 Å². The first-order chi connectivity index (χ1) is 14.4. The Balaban J connectivity index is 1.64. The van der Waals surface area contributed by atoms with Crippen LogP contribution in [0.3, 0.4) is 0 Å². The molecule has 0 saturated carbocycles. The number of rotatable bonds is 9. The number of benzene rings is 2. The fraction of sp³-hybridized carbons (Fsp3) is 0.423. The maximum absolute atomic E-state index is 12.5. The third kappa shape index (κ3) is 5.24. The molecule has 2 aromatic rings. The van der Waals surface area contributed by atoms with Crippen LogP contribution in [0.2, 0.25) is 0 Å². The Morgan fingerprint density at radius 1 is 1.20 bits per heavy atom. The van der Waals surface area contributed by atoms with E-state index >= 15 is 0 Å². The number of carbonyl (C=O) groups is 1. The van der Waals surface area contributed by atoms with Crippen molar-refractivity contribution in [3.8, 4) is 5.75 Å². The van der Waals surface area contributed by atoms with Crippen LogP contribution in [0.4, 0.5) is 4.79 Å². The Hall–Kier alpha value is -2.75. The molecular formula is C26H33NO3. The zero-order chi connectivity index (χ0) is 21.7. The van der Waals surface area contributed by atoms with Gasteiger partial charge in [0.15, 0.2) is 0 Å². The quantitative estimate of drug-likeness (QED) is 0.497. The number of amides is 1. The number of hydrogen-bond acceptors (Lipinski definition) is 3. The SMILES string of the molecule is C=CCc1cc(CC(C)[C@H]2CN(Cc3cccc(C(C)C)c3)C(=O)O2)ccc1OC. The molecule has 1 aliphatic rings. The Kier molecular flexibility index (Phi) is 7.20. The van der Waals surface area contributed by atoms with Gasteiger partial charge in [0.2, 0.25) is 0 Å². The number of allylic oxidation sites excluding steroid dienone is 1. The molecule has 0 bridgehead atoms. The van der Waals surface area contributed by atoms with Crippen molar-refractivity contribution < 1.29 is 14.3 Å². The topological polar surface area (TPSA) is 38.8 Å². The van der Waals surface area contributed by atoms with Crippen LogP contribution in [0.25, 0.3) is 0 Å². The molecule has 0 aliphatic carbocycles. The van der Waals surface area contributed by atoms with Gasteiger partial charge in [-0.2, -0.15) is 0 Å². The van der Waals surface area contributed by atoms with Gasteiger partial charge in [0.25, 0.3) is 0 Å². The summed E-state index contributed by atoms with van der Waals surface area (Å²) in [4.78, 5) is 14.3. The standard InChI is InChI=1S/C26H33NO3/c1-6-8-23-14-20(11-12-24(23)29-5)13-19(4)25-17-27(26(28)30-25)16-21-9-7-10-22(15-21)18(2)3/h6-7,9-12,14-15,18-19,25H,1,8,13,16-17H2,2-5H3/t19?,25-/m1/s1. The molecule has 2 aromatic carbocycles. The van der Waals surface area contributed by atoms with Crippen molar-refractivity contribution in [2.24, 2.45) is 5.92 Å². The summed E-state index contributed by atoms with van der Waals surface area (Å²) in [5.41, 5.74) is 4.79. The fourth-order valence-electron chi connectivity index (χ4n) is 4.01. The Bertz CT molecular complexity index is 890. The average molecular weight is 408 g/mol. The van der Waals surface area contributed by atoms with Crippen molar-refractivity contribution in [1.82, 2.24) is 4.90 Å². The first-order valence-corrected chi connectivity index (χ1v) is 10.7. The van der Waals surface area contributed by atoms with Crippen LogP contribution >= 0.6 is 0 Å². The van der Waals surface area contributed by atoms with Gasteiger partial charge < -0.3 is 14.4 Å². The van der Waals surface area contributed by atoms with Crippen molar-refractivity contribution in [3.05, 3.63) is 77.4 Å². The highest BCUT2D eigenvalue weighted by Gasteiger charge is 2.34. The maximum atomic E-state index is 12.5. The molecule has 1 aliphatic heterocycles. The third-order valence-electron chi connectivity index (χ3n) is 5.80. The van der Waals surface area contributed by atoms with E-state index in [2.05, 4.69) is 63.7 Å². The highest BCUT2D eigenvalue weighted by Crippen LogP contribution is 2.27. The Morgan fingerprint density at radius 3 is 2.70 bits per heavy atom. The van der Waals surface area contributed by atoms with Gasteiger partial charge in [0, 0.05) is 6.54 Å². The van der Waals surface area contributed by atoms with Gasteiger partial charge in [0.05, 0.1) is 13.7 Å². The number of hydrogen-bond donors (Lipinski definition) is 0. The van der Waals surface area contributed by atoms with Crippen LogP contribution in [0, 0.1) is 5.92 Å². The van der Waals surface area contributed by atoms with Crippen molar-refractivity contribution in [2.45, 2.75) is 52.2 Å². The zero-order valence-corrected chi connectivity index (χ0v) is 18.6. The number of carbonyl (C=O) groups excluding carboxylic acids is 1. The van der Waals surface area contributed by atoms with Gasteiger partial charge in [-0.25, -0.2) is 4.79 Å². The predicted octanol–water partition coefficient (Wildman–Crippen LogP) is 5.75. The molecule has 1 unspecified atom stereocenters. The second-order valence-corrected chi connectivity index (χ2v) is 8.52.